The van der Waals surface area contributed by atoms with Crippen molar-refractivity contribution in [2.24, 2.45) is 11.0 Å². The Morgan fingerprint density at radius 2 is 1.91 bits per heavy atom. The highest BCUT2D eigenvalue weighted by Gasteiger charge is 2.44. The molecule has 180 valence electrons. The largest absolute Gasteiger partial charge is 0.462 e. The molecule has 2 atom stereocenters. The molecule has 2 aliphatic rings. The summed E-state index contributed by atoms with van der Waals surface area (Å²) in [6.45, 7) is 3.94. The Hall–Kier alpha value is -2.67. The van der Waals surface area contributed by atoms with Gasteiger partial charge in [-0.1, -0.05) is 70.9 Å². The number of fused-ring (bicyclic) bond motifs is 1. The number of aromatic nitrogens is 1. The van der Waals surface area contributed by atoms with E-state index in [1.54, 1.807) is 6.92 Å². The van der Waals surface area contributed by atoms with Crippen LogP contribution in [0.25, 0.3) is 6.08 Å². The zero-order chi connectivity index (χ0) is 24.5. The SMILES string of the molecule is CCOC(=O)c1sc(N2N=C3/C(=C\c4ccccc4Cl)CCCC3C2c2ccccc2Cl)nc1C. The Morgan fingerprint density at radius 3 is 2.66 bits per heavy atom. The number of nitrogens with zero attached hydrogens (tertiary/aromatic N) is 3. The van der Waals surface area contributed by atoms with E-state index in [4.69, 9.17) is 38.0 Å². The number of carbonyl (C=O) groups is 1. The second-order valence-corrected chi connectivity index (χ2v) is 10.4. The summed E-state index contributed by atoms with van der Waals surface area (Å²) in [7, 11) is 0. The molecule has 0 radical (unpaired) electrons. The molecule has 1 saturated carbocycles. The van der Waals surface area contributed by atoms with Crippen molar-refractivity contribution < 1.29 is 9.53 Å². The van der Waals surface area contributed by atoms with Crippen LogP contribution in [0, 0.1) is 12.8 Å². The molecule has 5 nitrogen and oxygen atoms in total. The van der Waals surface area contributed by atoms with Crippen LogP contribution in [0.2, 0.25) is 10.0 Å². The molecule has 2 unspecified atom stereocenters. The van der Waals surface area contributed by atoms with Gasteiger partial charge in [0, 0.05) is 16.0 Å². The van der Waals surface area contributed by atoms with Crippen LogP contribution in [-0.4, -0.2) is 23.3 Å². The predicted octanol–water partition coefficient (Wildman–Crippen LogP) is 7.74. The van der Waals surface area contributed by atoms with Gasteiger partial charge in [-0.3, -0.25) is 0 Å². The zero-order valence-corrected chi connectivity index (χ0v) is 21.8. The van der Waals surface area contributed by atoms with E-state index in [1.807, 2.05) is 54.4 Å². The number of benzene rings is 2. The quantitative estimate of drug-likeness (QED) is 0.319. The molecule has 2 heterocycles. The predicted molar refractivity (Wildman–Crippen MR) is 144 cm³/mol. The number of aryl methyl sites for hydroxylation is 1. The standard InChI is InChI=1S/C27H25Cl2N3O2S/c1-3-34-26(33)25-16(2)30-27(35-25)32-24(19-11-5-7-14-22(19)29)20-12-8-10-18(23(20)31-32)15-17-9-4-6-13-21(17)28/h4-7,9,11,13-15,20,24H,3,8,10,12H2,1-2H3/b18-15-. The number of thiazole rings is 1. The maximum absolute atomic E-state index is 12.5. The van der Waals surface area contributed by atoms with E-state index in [2.05, 4.69) is 12.1 Å². The fourth-order valence-corrected chi connectivity index (χ4v) is 6.21. The van der Waals surface area contributed by atoms with Crippen molar-refractivity contribution in [3.8, 4) is 0 Å². The Balaban J connectivity index is 1.62. The van der Waals surface area contributed by atoms with Crippen LogP contribution < -0.4 is 5.01 Å². The molecule has 1 aliphatic carbocycles. The van der Waals surface area contributed by atoms with Gasteiger partial charge in [0.15, 0.2) is 0 Å². The van der Waals surface area contributed by atoms with Gasteiger partial charge in [-0.25, -0.2) is 14.8 Å². The number of allylic oxidation sites excluding steroid dienone is 1. The molecular weight excluding hydrogens is 501 g/mol. The normalized spacial score (nSPS) is 20.6. The van der Waals surface area contributed by atoms with Crippen LogP contribution in [0.5, 0.6) is 0 Å². The summed E-state index contributed by atoms with van der Waals surface area (Å²) in [6, 6.07) is 15.6. The van der Waals surface area contributed by atoms with Gasteiger partial charge in [0.25, 0.3) is 0 Å². The number of hydrogen-bond acceptors (Lipinski definition) is 6. The maximum atomic E-state index is 12.5. The Kier molecular flexibility index (Phi) is 6.96. The van der Waals surface area contributed by atoms with Crippen LogP contribution in [0.4, 0.5) is 5.13 Å². The first kappa shape index (κ1) is 24.0. The lowest BCUT2D eigenvalue weighted by Crippen LogP contribution is -2.28. The highest BCUT2D eigenvalue weighted by atomic mass is 35.5. The van der Waals surface area contributed by atoms with Gasteiger partial charge in [-0.15, -0.1) is 0 Å². The first-order chi connectivity index (χ1) is 17.0. The molecule has 5 rings (SSSR count). The first-order valence-corrected chi connectivity index (χ1v) is 13.3. The van der Waals surface area contributed by atoms with Gasteiger partial charge in [0.1, 0.15) is 4.88 Å². The molecule has 1 fully saturated rings. The number of carbonyl (C=O) groups excluding carboxylic acids is 1. The summed E-state index contributed by atoms with van der Waals surface area (Å²) >= 11 is 14.5. The summed E-state index contributed by atoms with van der Waals surface area (Å²) < 4.78 is 5.24. The van der Waals surface area contributed by atoms with Crippen molar-refractivity contribution in [2.75, 3.05) is 11.6 Å². The molecule has 2 aromatic carbocycles. The van der Waals surface area contributed by atoms with Crippen molar-refractivity contribution >= 4 is 57.4 Å². The van der Waals surface area contributed by atoms with Gasteiger partial charge in [-0.2, -0.15) is 5.10 Å². The lowest BCUT2D eigenvalue weighted by molar-refractivity contribution is 0.0531. The van der Waals surface area contributed by atoms with Crippen LogP contribution in [0.1, 0.15) is 58.7 Å². The van der Waals surface area contributed by atoms with Crippen LogP contribution in [0.3, 0.4) is 0 Å². The number of esters is 1. The minimum Gasteiger partial charge on any atom is -0.462 e. The van der Waals surface area contributed by atoms with Crippen LogP contribution >= 0.6 is 34.5 Å². The van der Waals surface area contributed by atoms with E-state index < -0.39 is 0 Å². The average Bonchev–Trinajstić information content (AvgIpc) is 3.42. The Bertz CT molecular complexity index is 1330. The van der Waals surface area contributed by atoms with Gasteiger partial charge in [0.05, 0.1) is 24.1 Å². The molecule has 8 heteroatoms. The molecule has 1 aliphatic heterocycles. The van der Waals surface area contributed by atoms with Gasteiger partial charge in [0.2, 0.25) is 5.13 Å². The van der Waals surface area contributed by atoms with Gasteiger partial charge in [-0.05, 0) is 68.0 Å². The Labute approximate surface area is 219 Å². The second kappa shape index (κ2) is 10.1. The lowest BCUT2D eigenvalue weighted by Gasteiger charge is -2.30. The third kappa shape index (κ3) is 4.63. The molecule has 0 bridgehead atoms. The van der Waals surface area contributed by atoms with Crippen molar-refractivity contribution in [1.82, 2.24) is 4.98 Å². The highest BCUT2D eigenvalue weighted by molar-refractivity contribution is 7.17. The van der Waals surface area contributed by atoms with Crippen molar-refractivity contribution in [1.29, 1.82) is 0 Å². The fraction of sp³-hybridized carbons (Fsp3) is 0.296. The summed E-state index contributed by atoms with van der Waals surface area (Å²) in [5.41, 5.74) is 4.83. The molecule has 3 aromatic rings. The summed E-state index contributed by atoms with van der Waals surface area (Å²) in [5, 5.41) is 9.15. The number of halogens is 2. The van der Waals surface area contributed by atoms with E-state index in [-0.39, 0.29) is 17.9 Å². The van der Waals surface area contributed by atoms with Crippen LogP contribution in [0.15, 0.2) is 59.2 Å². The number of hydrazone groups is 1. The Morgan fingerprint density at radius 1 is 1.17 bits per heavy atom. The minimum atomic E-state index is -0.355. The van der Waals surface area contributed by atoms with Gasteiger partial charge < -0.3 is 4.74 Å². The van der Waals surface area contributed by atoms with E-state index in [0.717, 1.165) is 41.1 Å². The summed E-state index contributed by atoms with van der Waals surface area (Å²) in [6.07, 6.45) is 5.10. The molecule has 0 spiro atoms. The van der Waals surface area contributed by atoms with E-state index >= 15 is 0 Å². The molecule has 0 saturated heterocycles. The number of hydrogen-bond donors (Lipinski definition) is 0. The zero-order valence-electron chi connectivity index (χ0n) is 19.5. The lowest BCUT2D eigenvalue weighted by atomic mass is 9.77. The van der Waals surface area contributed by atoms with Crippen molar-refractivity contribution in [3.05, 3.63) is 85.8 Å². The summed E-state index contributed by atoms with van der Waals surface area (Å²) in [4.78, 5) is 17.7. The highest BCUT2D eigenvalue weighted by Crippen LogP contribution is 2.48. The minimum absolute atomic E-state index is 0.116. The second-order valence-electron chi connectivity index (χ2n) is 8.62. The first-order valence-electron chi connectivity index (χ1n) is 11.7. The monoisotopic (exact) mass is 525 g/mol. The third-order valence-corrected chi connectivity index (χ3v) is 8.22. The van der Waals surface area contributed by atoms with Crippen LogP contribution in [-0.2, 0) is 4.74 Å². The number of anilines is 1. The molecule has 35 heavy (non-hydrogen) atoms. The van der Waals surface area contributed by atoms with Gasteiger partial charge >= 0.3 is 5.97 Å². The third-order valence-electron chi connectivity index (χ3n) is 6.40. The van der Waals surface area contributed by atoms with E-state index in [0.29, 0.717) is 27.3 Å². The van der Waals surface area contributed by atoms with E-state index in [1.165, 1.54) is 16.9 Å². The number of rotatable bonds is 5. The fourth-order valence-electron chi connectivity index (χ4n) is 4.83. The molecule has 0 amide bonds. The van der Waals surface area contributed by atoms with Crippen molar-refractivity contribution in [3.63, 3.8) is 0 Å². The van der Waals surface area contributed by atoms with Crippen molar-refractivity contribution in [2.45, 2.75) is 39.2 Å². The maximum Gasteiger partial charge on any atom is 0.350 e. The number of ether oxygens (including phenoxy) is 1. The molecular formula is C27H25Cl2N3O2S. The smallest absolute Gasteiger partial charge is 0.350 e. The molecule has 1 aromatic heterocycles. The summed E-state index contributed by atoms with van der Waals surface area (Å²) in [5.74, 6) is -0.209. The topological polar surface area (TPSA) is 54.8 Å². The van der Waals surface area contributed by atoms with E-state index in [9.17, 15) is 4.79 Å². The molecule has 0 N–H and O–H groups in total. The average molecular weight is 526 g/mol.